The molecule has 2 aromatic heterocycles. The first-order valence-electron chi connectivity index (χ1n) is 34.2. The number of halogens is 4. The number of aryl methyl sites for hydroxylation is 2. The molecule has 2 saturated heterocycles. The van der Waals surface area contributed by atoms with Gasteiger partial charge in [-0.3, -0.25) is 39.2 Å². The number of alkyl halides is 4. The van der Waals surface area contributed by atoms with Gasteiger partial charge >= 0.3 is 0 Å². The molecule has 4 aliphatic carbocycles. The van der Waals surface area contributed by atoms with E-state index in [9.17, 15) is 27.2 Å². The van der Waals surface area contributed by atoms with Gasteiger partial charge in [0.05, 0.1) is 23.5 Å². The molecule has 4 N–H and O–H groups in total. The standard InChI is InChI=1S/2C36H53F2N5O/c2*1-41-23-24-42(22-16-31(28-9-3-2-4-10-28)25-34(44)29-14-17-36(37,38)18-15-29)26-32(41)27-43(21-6-5-19-39)33-13-7-11-30-12-8-20-40-35(30)33/h2*2-4,8-10,12,20,29,31-33H,5-7,11,13-19,21-27,39H2,1H3/t31-,32+,33?;31-,32-,33?/m00/s1. The largest absolute Gasteiger partial charge is 0.330 e. The third-order valence-corrected chi connectivity index (χ3v) is 21.0. The second-order valence-electron chi connectivity index (χ2n) is 27.2. The lowest BCUT2D eigenvalue weighted by Gasteiger charge is -2.44. The number of unbranched alkanes of at least 4 members (excludes halogenated alkanes) is 2. The Labute approximate surface area is 524 Å². The van der Waals surface area contributed by atoms with Gasteiger partial charge in [-0.25, -0.2) is 17.6 Å². The number of benzene rings is 2. The molecule has 88 heavy (non-hydrogen) atoms. The summed E-state index contributed by atoms with van der Waals surface area (Å²) in [4.78, 5) is 51.9. The van der Waals surface area contributed by atoms with Crippen LogP contribution in [0.4, 0.5) is 17.6 Å². The molecular formula is C72H106F4N10O2. The summed E-state index contributed by atoms with van der Waals surface area (Å²) >= 11 is 0. The lowest BCUT2D eigenvalue weighted by molar-refractivity contribution is -0.128. The normalized spacial score (nSPS) is 23.8. The molecule has 4 fully saturated rings. The van der Waals surface area contributed by atoms with Crippen molar-refractivity contribution in [3.63, 3.8) is 0 Å². The van der Waals surface area contributed by atoms with E-state index in [1.165, 1.54) is 46.5 Å². The Balaban J connectivity index is 0.000000209. The quantitative estimate of drug-likeness (QED) is 0.0415. The topological polar surface area (TPSA) is 131 Å². The van der Waals surface area contributed by atoms with Crippen LogP contribution in [0, 0.1) is 11.8 Å². The number of carbonyl (C=O) groups excluding carboxylic acids is 2. The first-order chi connectivity index (χ1) is 42.7. The maximum atomic E-state index is 13.8. The van der Waals surface area contributed by atoms with Gasteiger partial charge in [0.2, 0.25) is 11.8 Å². The molecule has 0 bridgehead atoms. The van der Waals surface area contributed by atoms with Crippen LogP contribution in [0.25, 0.3) is 0 Å². The van der Waals surface area contributed by atoms with Crippen molar-refractivity contribution >= 4 is 11.6 Å². The van der Waals surface area contributed by atoms with E-state index in [2.05, 4.69) is 92.0 Å². The zero-order valence-corrected chi connectivity index (χ0v) is 53.4. The van der Waals surface area contributed by atoms with Crippen LogP contribution in [0.1, 0.15) is 186 Å². The molecule has 4 aromatic rings. The van der Waals surface area contributed by atoms with E-state index in [0.29, 0.717) is 62.7 Å². The summed E-state index contributed by atoms with van der Waals surface area (Å²) < 4.78 is 55.0. The van der Waals surface area contributed by atoms with Crippen molar-refractivity contribution in [1.29, 1.82) is 0 Å². The van der Waals surface area contributed by atoms with Crippen molar-refractivity contribution in [3.8, 4) is 0 Å². The summed E-state index contributed by atoms with van der Waals surface area (Å²) in [5.41, 5.74) is 19.4. The number of nitrogens with zero attached hydrogens (tertiary/aromatic N) is 8. The van der Waals surface area contributed by atoms with E-state index in [4.69, 9.17) is 21.4 Å². The van der Waals surface area contributed by atoms with Crippen LogP contribution in [0.5, 0.6) is 0 Å². The molecule has 2 saturated carbocycles. The molecular weight excluding hydrogens is 1110 g/mol. The molecule has 16 heteroatoms. The van der Waals surface area contributed by atoms with E-state index in [-0.39, 0.29) is 60.9 Å². The number of Topliss-reactive ketones (excluding diaryl/α,β-unsaturated/α-hetero) is 2. The Morgan fingerprint density at radius 2 is 0.943 bits per heavy atom. The predicted molar refractivity (Wildman–Crippen MR) is 346 cm³/mol. The van der Waals surface area contributed by atoms with E-state index in [1.54, 1.807) is 0 Å². The molecule has 484 valence electrons. The second-order valence-corrected chi connectivity index (χ2v) is 27.2. The Kier molecular flexibility index (Phi) is 26.0. The van der Waals surface area contributed by atoms with Crippen LogP contribution in [0.3, 0.4) is 0 Å². The highest BCUT2D eigenvalue weighted by Crippen LogP contribution is 2.41. The number of nitrogens with two attached hydrogens (primary N) is 2. The van der Waals surface area contributed by atoms with Crippen LogP contribution in [-0.4, -0.2) is 181 Å². The first kappa shape index (κ1) is 67.9. The van der Waals surface area contributed by atoms with E-state index in [1.807, 2.05) is 48.8 Å². The number of carbonyl (C=O) groups is 2. The zero-order valence-electron chi connectivity index (χ0n) is 53.4. The van der Waals surface area contributed by atoms with Crippen molar-refractivity contribution in [1.82, 2.24) is 39.4 Å². The third-order valence-electron chi connectivity index (χ3n) is 21.0. The van der Waals surface area contributed by atoms with Crippen molar-refractivity contribution < 1.29 is 27.2 Å². The number of aromatic nitrogens is 2. The van der Waals surface area contributed by atoms with Gasteiger partial charge in [-0.1, -0.05) is 72.8 Å². The predicted octanol–water partition coefficient (Wildman–Crippen LogP) is 12.1. The van der Waals surface area contributed by atoms with E-state index >= 15 is 0 Å². The number of hydrogen-bond acceptors (Lipinski definition) is 12. The van der Waals surface area contributed by atoms with Gasteiger partial charge in [0.25, 0.3) is 0 Å². The van der Waals surface area contributed by atoms with Crippen molar-refractivity contribution in [2.24, 2.45) is 23.3 Å². The highest BCUT2D eigenvalue weighted by Gasteiger charge is 2.40. The second kappa shape index (κ2) is 33.7. The van der Waals surface area contributed by atoms with Crippen LogP contribution >= 0.6 is 0 Å². The lowest BCUT2D eigenvalue weighted by atomic mass is 9.80. The van der Waals surface area contributed by atoms with Gasteiger partial charge < -0.3 is 21.3 Å². The van der Waals surface area contributed by atoms with E-state index < -0.39 is 11.8 Å². The third kappa shape index (κ3) is 19.7. The summed E-state index contributed by atoms with van der Waals surface area (Å²) in [6.45, 7) is 13.5. The minimum absolute atomic E-state index is 0.113. The Hall–Kier alpha value is -4.52. The molecule has 12 nitrogen and oxygen atoms in total. The number of likely N-dealkylation sites (N-methyl/N-ethyl adjacent to an activating group) is 2. The highest BCUT2D eigenvalue weighted by molar-refractivity contribution is 5.82. The summed E-state index contributed by atoms with van der Waals surface area (Å²) in [6.07, 6.45) is 18.4. The lowest BCUT2D eigenvalue weighted by Crippen LogP contribution is -2.56. The van der Waals surface area contributed by atoms with Gasteiger partial charge in [0, 0.05) is 127 Å². The fourth-order valence-electron chi connectivity index (χ4n) is 15.4. The average molecular weight is 1220 g/mol. The number of fused-ring (bicyclic) bond motifs is 2. The summed E-state index contributed by atoms with van der Waals surface area (Å²) in [5, 5.41) is 0. The molecule has 0 amide bonds. The number of hydrogen-bond donors (Lipinski definition) is 2. The van der Waals surface area contributed by atoms with Crippen LogP contribution in [0.2, 0.25) is 0 Å². The number of ketones is 2. The van der Waals surface area contributed by atoms with Gasteiger partial charge in [-0.2, -0.15) is 0 Å². The molecule has 10 rings (SSSR count). The van der Waals surface area contributed by atoms with Crippen LogP contribution < -0.4 is 11.5 Å². The highest BCUT2D eigenvalue weighted by atomic mass is 19.3. The minimum Gasteiger partial charge on any atom is -0.330 e. The van der Waals surface area contributed by atoms with Gasteiger partial charge in [-0.05, 0) is 202 Å². The fourth-order valence-corrected chi connectivity index (χ4v) is 15.4. The van der Waals surface area contributed by atoms with Crippen molar-refractivity contribution in [2.45, 2.75) is 189 Å². The molecule has 6 atom stereocenters. The molecule has 4 heterocycles. The summed E-state index contributed by atoms with van der Waals surface area (Å²) in [5.74, 6) is -5.10. The Morgan fingerprint density at radius 3 is 1.33 bits per heavy atom. The van der Waals surface area contributed by atoms with Crippen LogP contribution in [-0.2, 0) is 22.4 Å². The maximum Gasteiger partial charge on any atom is 0.248 e. The van der Waals surface area contributed by atoms with E-state index in [0.717, 1.165) is 156 Å². The van der Waals surface area contributed by atoms with Crippen LogP contribution in [0.15, 0.2) is 97.3 Å². The maximum absolute atomic E-state index is 13.8. The number of rotatable bonds is 28. The monoisotopic (exact) mass is 1220 g/mol. The smallest absolute Gasteiger partial charge is 0.248 e. The fraction of sp³-hybridized carbons (Fsp3) is 0.667. The molecule has 6 aliphatic rings. The van der Waals surface area contributed by atoms with Gasteiger partial charge in [0.1, 0.15) is 11.6 Å². The molecule has 2 aromatic carbocycles. The van der Waals surface area contributed by atoms with Crippen molar-refractivity contribution in [2.75, 3.05) is 106 Å². The Morgan fingerprint density at radius 1 is 0.545 bits per heavy atom. The van der Waals surface area contributed by atoms with Gasteiger partial charge in [-0.15, -0.1) is 0 Å². The number of piperazine rings is 2. The molecule has 0 radical (unpaired) electrons. The molecule has 0 spiro atoms. The number of pyridine rings is 2. The first-order valence-corrected chi connectivity index (χ1v) is 34.2. The summed E-state index contributed by atoms with van der Waals surface area (Å²) in [6, 6.07) is 30.8. The minimum atomic E-state index is -2.61. The molecule has 2 aliphatic heterocycles. The van der Waals surface area contributed by atoms with Gasteiger partial charge in [0.15, 0.2) is 0 Å². The van der Waals surface area contributed by atoms with Crippen molar-refractivity contribution in [3.05, 3.63) is 131 Å². The summed E-state index contributed by atoms with van der Waals surface area (Å²) in [7, 11) is 4.51. The Bertz CT molecular complexity index is 2520. The average Bonchev–Trinajstić information content (AvgIpc) is 3.35. The zero-order chi connectivity index (χ0) is 61.9. The molecule has 2 unspecified atom stereocenters. The SMILES string of the molecule is CN1CCN(CC[C@@H](CC(=O)C2CCC(F)(F)CC2)c2ccccc2)C[C@@H]1CN(CCCCN)C1CCCc2cccnc21.CN1CCN(CC[C@@H](CC(=O)C2CCC(F)(F)CC2)c2ccccc2)C[C@H]1CN(CCCCN)C1CCCc2cccnc21.